The van der Waals surface area contributed by atoms with Crippen LogP contribution in [0, 0.1) is 5.82 Å². The van der Waals surface area contributed by atoms with E-state index >= 15 is 0 Å². The van der Waals surface area contributed by atoms with Crippen LogP contribution < -0.4 is 10.0 Å². The average molecular weight is 422 g/mol. The molecule has 6 nitrogen and oxygen atoms in total. The number of carbonyl (C=O) groups is 1. The molecule has 0 unspecified atom stereocenters. The molecule has 158 valence electrons. The Hall–Kier alpha value is -2.45. The number of para-hydroxylation sites is 1. The third-order valence-electron chi connectivity index (χ3n) is 4.53. The van der Waals surface area contributed by atoms with Gasteiger partial charge in [-0.3, -0.25) is 14.4 Å². The number of carbonyl (C=O) groups excluding carboxylic acids is 1. The number of nitrogens with one attached hydrogen (secondary N) is 2. The molecule has 0 aliphatic carbocycles. The average Bonchev–Trinajstić information content (AvgIpc) is 2.66. The largest absolute Gasteiger partial charge is 0.351 e. The molecule has 8 heteroatoms. The van der Waals surface area contributed by atoms with Crippen LogP contribution in [0.25, 0.3) is 0 Å². The van der Waals surface area contributed by atoms with Crippen LogP contribution >= 0.6 is 0 Å². The van der Waals surface area contributed by atoms with Gasteiger partial charge in [-0.1, -0.05) is 12.1 Å². The number of amides is 1. The molecule has 0 atom stereocenters. The van der Waals surface area contributed by atoms with Gasteiger partial charge in [-0.25, -0.2) is 12.8 Å². The summed E-state index contributed by atoms with van der Waals surface area (Å²) in [6.07, 6.45) is 0. The van der Waals surface area contributed by atoms with E-state index in [1.54, 1.807) is 0 Å². The second-order valence-corrected chi connectivity index (χ2v) is 8.97. The van der Waals surface area contributed by atoms with E-state index in [0.29, 0.717) is 24.2 Å². The Morgan fingerprint density at radius 1 is 1.00 bits per heavy atom. The summed E-state index contributed by atoms with van der Waals surface area (Å²) in [7, 11) is -3.95. The summed E-state index contributed by atoms with van der Waals surface area (Å²) in [6.45, 7) is 9.64. The molecule has 0 saturated carbocycles. The summed E-state index contributed by atoms with van der Waals surface area (Å²) in [4.78, 5) is 14.5. The number of halogens is 1. The second kappa shape index (κ2) is 9.84. The minimum Gasteiger partial charge on any atom is -0.351 e. The summed E-state index contributed by atoms with van der Waals surface area (Å²) < 4.78 is 40.8. The minimum atomic E-state index is -3.95. The molecule has 0 aliphatic heterocycles. The fraction of sp³-hybridized carbons (Fsp3) is 0.381. The maximum absolute atomic E-state index is 13.7. The highest BCUT2D eigenvalue weighted by Crippen LogP contribution is 2.19. The Morgan fingerprint density at radius 3 is 2.14 bits per heavy atom. The summed E-state index contributed by atoms with van der Waals surface area (Å²) in [5, 5.41) is 2.85. The highest BCUT2D eigenvalue weighted by atomic mass is 32.2. The molecular formula is C21H28FN3O3S. The molecule has 2 rings (SSSR count). The Bertz CT molecular complexity index is 920. The fourth-order valence-electron chi connectivity index (χ4n) is 3.05. The van der Waals surface area contributed by atoms with Gasteiger partial charge in [0.25, 0.3) is 15.9 Å². The van der Waals surface area contributed by atoms with Crippen molar-refractivity contribution in [3.05, 3.63) is 59.9 Å². The third-order valence-corrected chi connectivity index (χ3v) is 5.91. The third kappa shape index (κ3) is 6.27. The van der Waals surface area contributed by atoms with Gasteiger partial charge in [-0.2, -0.15) is 0 Å². The highest BCUT2D eigenvalue weighted by Gasteiger charge is 2.17. The number of hydrogen-bond donors (Lipinski definition) is 2. The molecule has 0 spiro atoms. The van der Waals surface area contributed by atoms with Crippen molar-refractivity contribution in [2.75, 3.05) is 17.8 Å². The maximum atomic E-state index is 13.7. The van der Waals surface area contributed by atoms with Gasteiger partial charge in [0.05, 0.1) is 10.6 Å². The van der Waals surface area contributed by atoms with Crippen LogP contribution in [-0.4, -0.2) is 44.4 Å². The first-order chi connectivity index (χ1) is 13.6. The first-order valence-corrected chi connectivity index (χ1v) is 11.0. The number of benzene rings is 2. The Kier molecular flexibility index (Phi) is 7.75. The Balaban J connectivity index is 2.00. The number of rotatable bonds is 9. The predicted octanol–water partition coefficient (Wildman–Crippen LogP) is 3.48. The van der Waals surface area contributed by atoms with Gasteiger partial charge in [-0.15, -0.1) is 0 Å². The van der Waals surface area contributed by atoms with Crippen LogP contribution in [0.2, 0.25) is 0 Å². The van der Waals surface area contributed by atoms with Gasteiger partial charge in [0.2, 0.25) is 0 Å². The van der Waals surface area contributed by atoms with Crippen molar-refractivity contribution in [3.63, 3.8) is 0 Å². The quantitative estimate of drug-likeness (QED) is 0.650. The van der Waals surface area contributed by atoms with Crippen molar-refractivity contribution < 1.29 is 17.6 Å². The molecular weight excluding hydrogens is 393 g/mol. The number of anilines is 1. The first-order valence-electron chi connectivity index (χ1n) is 9.53. The molecule has 0 bridgehead atoms. The summed E-state index contributed by atoms with van der Waals surface area (Å²) in [5.74, 6) is -0.938. The van der Waals surface area contributed by atoms with Crippen molar-refractivity contribution in [3.8, 4) is 0 Å². The monoisotopic (exact) mass is 421 g/mol. The lowest BCUT2D eigenvalue weighted by atomic mass is 10.2. The summed E-state index contributed by atoms with van der Waals surface area (Å²) in [5.41, 5.74) is 0.227. The van der Waals surface area contributed by atoms with Crippen LogP contribution in [0.3, 0.4) is 0 Å². The highest BCUT2D eigenvalue weighted by molar-refractivity contribution is 7.92. The molecule has 2 aromatic rings. The minimum absolute atomic E-state index is 0.0527. The summed E-state index contributed by atoms with van der Waals surface area (Å²) in [6, 6.07) is 11.8. The normalized spacial score (nSPS) is 11.9. The Labute approximate surface area is 172 Å². The van der Waals surface area contributed by atoms with Gasteiger partial charge < -0.3 is 5.32 Å². The molecule has 1 amide bonds. The van der Waals surface area contributed by atoms with Gasteiger partial charge in [0.1, 0.15) is 5.82 Å². The van der Waals surface area contributed by atoms with E-state index in [1.807, 2.05) is 0 Å². The van der Waals surface area contributed by atoms with Gasteiger partial charge in [0.15, 0.2) is 0 Å². The molecule has 0 radical (unpaired) electrons. The first kappa shape index (κ1) is 22.8. The van der Waals surface area contributed by atoms with Crippen LogP contribution in [-0.2, 0) is 10.0 Å². The van der Waals surface area contributed by atoms with E-state index in [1.165, 1.54) is 48.5 Å². The van der Waals surface area contributed by atoms with Crippen LogP contribution in [0.15, 0.2) is 53.4 Å². The van der Waals surface area contributed by atoms with E-state index in [0.717, 1.165) is 6.54 Å². The summed E-state index contributed by atoms with van der Waals surface area (Å²) >= 11 is 0. The lowest BCUT2D eigenvalue weighted by Crippen LogP contribution is -2.42. The molecule has 0 fully saturated rings. The van der Waals surface area contributed by atoms with E-state index < -0.39 is 15.8 Å². The molecule has 0 aliphatic rings. The van der Waals surface area contributed by atoms with E-state index in [2.05, 4.69) is 42.6 Å². The zero-order valence-corrected chi connectivity index (χ0v) is 18.0. The van der Waals surface area contributed by atoms with Gasteiger partial charge >= 0.3 is 0 Å². The topological polar surface area (TPSA) is 78.5 Å². The maximum Gasteiger partial charge on any atom is 0.261 e. The SMILES string of the molecule is CC(C)N(CCNC(=O)c1ccc(S(=O)(=O)Nc2ccccc2F)cc1)C(C)C. The van der Waals surface area contributed by atoms with Crippen molar-refractivity contribution in [1.82, 2.24) is 10.2 Å². The standard InChI is InChI=1S/C21H28FN3O3S/c1-15(2)25(16(3)4)14-13-23-21(26)17-9-11-18(12-10-17)29(27,28)24-20-8-6-5-7-19(20)22/h5-12,15-16,24H,13-14H2,1-4H3,(H,23,26). The lowest BCUT2D eigenvalue weighted by molar-refractivity contribution is 0.0939. The van der Waals surface area contributed by atoms with Crippen molar-refractivity contribution in [2.45, 2.75) is 44.7 Å². The van der Waals surface area contributed by atoms with E-state index in [4.69, 9.17) is 0 Å². The van der Waals surface area contributed by atoms with Crippen molar-refractivity contribution in [1.29, 1.82) is 0 Å². The number of sulfonamides is 1. The molecule has 0 aromatic heterocycles. The van der Waals surface area contributed by atoms with E-state index in [9.17, 15) is 17.6 Å². The Morgan fingerprint density at radius 2 is 1.59 bits per heavy atom. The molecule has 29 heavy (non-hydrogen) atoms. The zero-order chi connectivity index (χ0) is 21.6. The zero-order valence-electron chi connectivity index (χ0n) is 17.1. The number of nitrogens with zero attached hydrogens (tertiary/aromatic N) is 1. The lowest BCUT2D eigenvalue weighted by Gasteiger charge is -2.30. The van der Waals surface area contributed by atoms with Crippen LogP contribution in [0.4, 0.5) is 10.1 Å². The smallest absolute Gasteiger partial charge is 0.261 e. The second-order valence-electron chi connectivity index (χ2n) is 7.29. The number of hydrogen-bond acceptors (Lipinski definition) is 4. The van der Waals surface area contributed by atoms with E-state index in [-0.39, 0.29) is 16.5 Å². The molecule has 0 saturated heterocycles. The fourth-order valence-corrected chi connectivity index (χ4v) is 4.11. The van der Waals surface area contributed by atoms with Gasteiger partial charge in [0, 0.05) is 30.7 Å². The predicted molar refractivity (Wildman–Crippen MR) is 113 cm³/mol. The van der Waals surface area contributed by atoms with Gasteiger partial charge in [-0.05, 0) is 64.1 Å². The van der Waals surface area contributed by atoms with Crippen LogP contribution in [0.5, 0.6) is 0 Å². The molecule has 2 aromatic carbocycles. The van der Waals surface area contributed by atoms with Crippen LogP contribution in [0.1, 0.15) is 38.1 Å². The van der Waals surface area contributed by atoms with Crippen molar-refractivity contribution in [2.24, 2.45) is 0 Å². The molecule has 2 N–H and O–H groups in total. The van der Waals surface area contributed by atoms with Crippen molar-refractivity contribution >= 4 is 21.6 Å². The molecule has 0 heterocycles.